The van der Waals surface area contributed by atoms with Crippen LogP contribution < -0.4 is 26.2 Å². The van der Waals surface area contributed by atoms with Crippen LogP contribution in [0.4, 0.5) is 10.1 Å². The number of benzene rings is 3. The summed E-state index contributed by atoms with van der Waals surface area (Å²) in [6.07, 6.45) is 0. The third kappa shape index (κ3) is 4.90. The van der Waals surface area contributed by atoms with E-state index in [0.29, 0.717) is 28.3 Å². The molecule has 1 aromatic heterocycles. The fraction of sp³-hybridized carbons (Fsp3) is 0.154. The van der Waals surface area contributed by atoms with E-state index in [1.165, 1.54) is 37.4 Å². The van der Waals surface area contributed by atoms with Crippen LogP contribution in [0.1, 0.15) is 38.9 Å². The van der Waals surface area contributed by atoms with Crippen molar-refractivity contribution in [3.8, 4) is 17.2 Å². The molecule has 3 aromatic carbocycles. The van der Waals surface area contributed by atoms with Gasteiger partial charge in [0.15, 0.2) is 24.1 Å². The highest BCUT2D eigenvalue weighted by molar-refractivity contribution is 5.95. The molecule has 200 valence electrons. The fourth-order valence-electron chi connectivity index (χ4n) is 4.30. The standard InChI is InChI=1S/C26H23FN6O6/c1-37-20-9-13(8-14-11-38-12-39-22(14)20)21(30-15-6-7-16(23(28)29)18(27)10-15)24-31-26(36)33(32-24)19-5-3-2-4-17(19)25(34)35/h2-10,21,30H,11-12H2,1H3,(H3,28,29)(H,34,35)(H,31,32,36). The second-order valence-corrected chi connectivity index (χ2v) is 8.56. The highest BCUT2D eigenvalue weighted by atomic mass is 19.1. The lowest BCUT2D eigenvalue weighted by Gasteiger charge is -2.24. The Balaban J connectivity index is 1.65. The number of hydrogen-bond acceptors (Lipinski definition) is 8. The SMILES string of the molecule is COc1cc(C(Nc2ccc(C(=N)N)c(F)c2)c2nn(-c3ccccc3C(=O)O)c(=O)[nH]2)cc2c1OCOC2. The number of fused-ring (bicyclic) bond motifs is 1. The van der Waals surface area contributed by atoms with Gasteiger partial charge in [-0.15, -0.1) is 5.10 Å². The number of H-pyrrole nitrogens is 1. The lowest BCUT2D eigenvalue weighted by atomic mass is 10.0. The highest BCUT2D eigenvalue weighted by Gasteiger charge is 2.26. The number of methoxy groups -OCH3 is 1. The number of ether oxygens (including phenoxy) is 3. The smallest absolute Gasteiger partial charge is 0.348 e. The number of anilines is 1. The van der Waals surface area contributed by atoms with E-state index in [9.17, 15) is 19.1 Å². The molecule has 1 atom stereocenters. The Morgan fingerprint density at radius 1 is 1.26 bits per heavy atom. The van der Waals surface area contributed by atoms with Gasteiger partial charge in [-0.25, -0.2) is 14.0 Å². The van der Waals surface area contributed by atoms with Crippen molar-refractivity contribution in [2.75, 3.05) is 19.2 Å². The minimum absolute atomic E-state index is 0.0624. The molecule has 2 heterocycles. The maximum atomic E-state index is 14.7. The van der Waals surface area contributed by atoms with E-state index >= 15 is 0 Å². The zero-order chi connectivity index (χ0) is 27.7. The first kappa shape index (κ1) is 25.5. The summed E-state index contributed by atoms with van der Waals surface area (Å²) in [5.41, 5.74) is 6.19. The normalized spacial score (nSPS) is 13.2. The van der Waals surface area contributed by atoms with Crippen molar-refractivity contribution in [2.45, 2.75) is 12.6 Å². The van der Waals surface area contributed by atoms with Gasteiger partial charge in [0.05, 0.1) is 30.5 Å². The Morgan fingerprint density at radius 3 is 2.77 bits per heavy atom. The summed E-state index contributed by atoms with van der Waals surface area (Å²) in [5.74, 6) is -1.33. The molecular formula is C26H23FN6O6. The lowest BCUT2D eigenvalue weighted by molar-refractivity contribution is -0.0180. The number of carbonyl (C=O) groups is 1. The molecule has 0 spiro atoms. The molecule has 0 aliphatic carbocycles. The summed E-state index contributed by atoms with van der Waals surface area (Å²) in [7, 11) is 1.48. The van der Waals surface area contributed by atoms with Crippen molar-refractivity contribution in [3.05, 3.63) is 99.0 Å². The molecule has 6 N–H and O–H groups in total. The minimum atomic E-state index is -1.22. The minimum Gasteiger partial charge on any atom is -0.493 e. The average molecular weight is 535 g/mol. The molecule has 0 saturated carbocycles. The molecule has 39 heavy (non-hydrogen) atoms. The quantitative estimate of drug-likeness (QED) is 0.168. The number of rotatable bonds is 8. The summed E-state index contributed by atoms with van der Waals surface area (Å²) in [6.45, 7) is 0.304. The van der Waals surface area contributed by atoms with Crippen LogP contribution in [0.2, 0.25) is 0 Å². The zero-order valence-electron chi connectivity index (χ0n) is 20.5. The number of aromatic nitrogens is 3. The molecule has 0 saturated heterocycles. The van der Waals surface area contributed by atoms with E-state index in [1.54, 1.807) is 24.3 Å². The van der Waals surface area contributed by atoms with Gasteiger partial charge in [-0.1, -0.05) is 12.1 Å². The van der Waals surface area contributed by atoms with Gasteiger partial charge < -0.3 is 30.4 Å². The molecular weight excluding hydrogens is 511 g/mol. The number of amidine groups is 1. The predicted octanol–water partition coefficient (Wildman–Crippen LogP) is 2.76. The Bertz CT molecular complexity index is 1630. The molecule has 1 unspecified atom stereocenters. The largest absolute Gasteiger partial charge is 0.493 e. The third-order valence-corrected chi connectivity index (χ3v) is 6.09. The lowest BCUT2D eigenvalue weighted by Crippen LogP contribution is -2.18. The summed E-state index contributed by atoms with van der Waals surface area (Å²) in [4.78, 5) is 27.4. The van der Waals surface area contributed by atoms with Gasteiger partial charge in [-0.2, -0.15) is 4.68 Å². The van der Waals surface area contributed by atoms with Crippen molar-refractivity contribution in [2.24, 2.45) is 5.73 Å². The van der Waals surface area contributed by atoms with Gasteiger partial charge in [0.1, 0.15) is 17.7 Å². The second kappa shape index (κ2) is 10.3. The molecule has 0 bridgehead atoms. The monoisotopic (exact) mass is 534 g/mol. The Labute approximate surface area is 220 Å². The van der Waals surface area contributed by atoms with E-state index < -0.39 is 29.4 Å². The molecule has 13 heteroatoms. The number of nitrogens with two attached hydrogens (primary N) is 1. The second-order valence-electron chi connectivity index (χ2n) is 8.56. The Kier molecular flexibility index (Phi) is 6.73. The van der Waals surface area contributed by atoms with Gasteiger partial charge in [0, 0.05) is 11.3 Å². The van der Waals surface area contributed by atoms with Crippen LogP contribution in [0, 0.1) is 11.2 Å². The summed E-state index contributed by atoms with van der Waals surface area (Å²) in [6, 6.07) is 12.6. The topological polar surface area (TPSA) is 178 Å². The van der Waals surface area contributed by atoms with Crippen LogP contribution >= 0.6 is 0 Å². The average Bonchev–Trinajstić information content (AvgIpc) is 3.31. The Hall–Kier alpha value is -5.17. The van der Waals surface area contributed by atoms with Gasteiger partial charge in [-0.3, -0.25) is 10.4 Å². The van der Waals surface area contributed by atoms with Gasteiger partial charge in [0.25, 0.3) is 0 Å². The summed E-state index contributed by atoms with van der Waals surface area (Å²) >= 11 is 0. The van der Waals surface area contributed by atoms with Gasteiger partial charge in [0.2, 0.25) is 0 Å². The molecule has 12 nitrogen and oxygen atoms in total. The number of nitrogens with one attached hydrogen (secondary N) is 3. The van der Waals surface area contributed by atoms with Crippen molar-refractivity contribution >= 4 is 17.5 Å². The number of para-hydroxylation sites is 1. The number of aromatic carboxylic acids is 1. The third-order valence-electron chi connectivity index (χ3n) is 6.09. The van der Waals surface area contributed by atoms with E-state index in [-0.39, 0.29) is 36.0 Å². The number of carboxylic acid groups (broad SMARTS) is 1. The zero-order valence-corrected chi connectivity index (χ0v) is 20.5. The molecule has 5 rings (SSSR count). The van der Waals surface area contributed by atoms with Crippen LogP contribution in [-0.4, -0.2) is 45.6 Å². The van der Waals surface area contributed by atoms with Crippen molar-refractivity contribution in [1.82, 2.24) is 14.8 Å². The van der Waals surface area contributed by atoms with E-state index in [2.05, 4.69) is 15.4 Å². The number of nitrogen functional groups attached to an aromatic ring is 1. The van der Waals surface area contributed by atoms with Crippen LogP contribution in [-0.2, 0) is 11.3 Å². The van der Waals surface area contributed by atoms with Crippen molar-refractivity contribution < 1.29 is 28.5 Å². The molecule has 4 aromatic rings. The molecule has 1 aliphatic rings. The number of halogens is 1. The molecule has 0 amide bonds. The summed E-state index contributed by atoms with van der Waals surface area (Å²) < 4.78 is 32.1. The first-order valence-corrected chi connectivity index (χ1v) is 11.6. The highest BCUT2D eigenvalue weighted by Crippen LogP contribution is 2.39. The van der Waals surface area contributed by atoms with Gasteiger partial charge in [-0.05, 0) is 48.0 Å². The van der Waals surface area contributed by atoms with E-state index in [1.807, 2.05) is 0 Å². The summed E-state index contributed by atoms with van der Waals surface area (Å²) in [5, 5.41) is 24.7. The number of aromatic amines is 1. The number of hydrogen-bond donors (Lipinski definition) is 5. The van der Waals surface area contributed by atoms with Crippen molar-refractivity contribution in [3.63, 3.8) is 0 Å². The van der Waals surface area contributed by atoms with Gasteiger partial charge >= 0.3 is 11.7 Å². The maximum Gasteiger partial charge on any atom is 0.348 e. The Morgan fingerprint density at radius 2 is 2.05 bits per heavy atom. The fourth-order valence-corrected chi connectivity index (χ4v) is 4.30. The van der Waals surface area contributed by atoms with Crippen LogP contribution in [0.25, 0.3) is 5.69 Å². The van der Waals surface area contributed by atoms with Crippen LogP contribution in [0.15, 0.2) is 59.4 Å². The van der Waals surface area contributed by atoms with E-state index in [0.717, 1.165) is 4.68 Å². The van der Waals surface area contributed by atoms with E-state index in [4.69, 9.17) is 25.4 Å². The molecule has 0 radical (unpaired) electrons. The number of nitrogens with zero attached hydrogens (tertiary/aromatic N) is 2. The van der Waals surface area contributed by atoms with Crippen LogP contribution in [0.3, 0.4) is 0 Å². The molecule has 0 fully saturated rings. The van der Waals surface area contributed by atoms with Crippen LogP contribution in [0.5, 0.6) is 11.5 Å². The number of carboxylic acids is 1. The predicted molar refractivity (Wildman–Crippen MR) is 137 cm³/mol. The van der Waals surface area contributed by atoms with Crippen molar-refractivity contribution in [1.29, 1.82) is 5.41 Å². The first-order valence-electron chi connectivity index (χ1n) is 11.6. The molecule has 1 aliphatic heterocycles. The first-order chi connectivity index (χ1) is 18.8. The maximum absolute atomic E-state index is 14.7.